The van der Waals surface area contributed by atoms with Crippen LogP contribution in [0.1, 0.15) is 16.7 Å². The average Bonchev–Trinajstić information content (AvgIpc) is 2.53. The molecule has 3 aromatic rings. The lowest BCUT2D eigenvalue weighted by atomic mass is 9.90. The van der Waals surface area contributed by atoms with E-state index in [0.29, 0.717) is 0 Å². The number of aryl methyl sites for hydroxylation is 1. The van der Waals surface area contributed by atoms with Crippen molar-refractivity contribution in [3.63, 3.8) is 0 Å². The van der Waals surface area contributed by atoms with Crippen molar-refractivity contribution in [1.29, 1.82) is 0 Å². The van der Waals surface area contributed by atoms with Gasteiger partial charge in [0.2, 0.25) is 0 Å². The Morgan fingerprint density at radius 3 is 2.10 bits per heavy atom. The first-order valence-electron chi connectivity index (χ1n) is 6.80. The fourth-order valence-electron chi connectivity index (χ4n) is 2.75. The lowest BCUT2D eigenvalue weighted by Gasteiger charge is -2.12. The van der Waals surface area contributed by atoms with Gasteiger partial charge in [-0.3, -0.25) is 0 Å². The summed E-state index contributed by atoms with van der Waals surface area (Å²) >= 11 is 0. The SMILES string of the molecule is C#Cc1cc(C)cc(C#C)c1-c1cccc2ccccc12. The van der Waals surface area contributed by atoms with Crippen molar-refractivity contribution in [2.24, 2.45) is 0 Å². The van der Waals surface area contributed by atoms with Gasteiger partial charge in [-0.05, 0) is 41.0 Å². The largest absolute Gasteiger partial charge is 0.115 e. The summed E-state index contributed by atoms with van der Waals surface area (Å²) in [4.78, 5) is 0. The van der Waals surface area contributed by atoms with E-state index in [1.807, 2.05) is 37.3 Å². The van der Waals surface area contributed by atoms with Gasteiger partial charge in [-0.25, -0.2) is 0 Å². The maximum atomic E-state index is 5.71. The minimum absolute atomic E-state index is 0.847. The minimum atomic E-state index is 0.847. The molecule has 21 heavy (non-hydrogen) atoms. The first-order valence-corrected chi connectivity index (χ1v) is 6.80. The minimum Gasteiger partial charge on any atom is -0.115 e. The van der Waals surface area contributed by atoms with Gasteiger partial charge in [-0.1, -0.05) is 54.3 Å². The van der Waals surface area contributed by atoms with Gasteiger partial charge >= 0.3 is 0 Å². The van der Waals surface area contributed by atoms with Crippen LogP contribution in [0.4, 0.5) is 0 Å². The van der Waals surface area contributed by atoms with E-state index < -0.39 is 0 Å². The molecule has 0 aliphatic rings. The molecule has 98 valence electrons. The van der Waals surface area contributed by atoms with Crippen LogP contribution in [0.15, 0.2) is 54.6 Å². The predicted octanol–water partition coefficient (Wildman–Crippen LogP) is 4.78. The third-order valence-electron chi connectivity index (χ3n) is 3.65. The molecule has 0 bridgehead atoms. The van der Waals surface area contributed by atoms with Crippen LogP contribution in [0.2, 0.25) is 0 Å². The first kappa shape index (κ1) is 13.0. The summed E-state index contributed by atoms with van der Waals surface area (Å²) in [6.07, 6.45) is 11.4. The van der Waals surface area contributed by atoms with E-state index in [2.05, 4.69) is 36.1 Å². The molecule has 0 saturated heterocycles. The van der Waals surface area contributed by atoms with Crippen molar-refractivity contribution >= 4 is 10.8 Å². The number of hydrogen-bond acceptors (Lipinski definition) is 0. The molecule has 3 rings (SSSR count). The molecule has 0 radical (unpaired) electrons. The van der Waals surface area contributed by atoms with Crippen LogP contribution in [0.25, 0.3) is 21.9 Å². The second-order valence-corrected chi connectivity index (χ2v) is 5.05. The van der Waals surface area contributed by atoms with Crippen LogP contribution in [-0.2, 0) is 0 Å². The van der Waals surface area contributed by atoms with E-state index in [1.54, 1.807) is 0 Å². The smallest absolute Gasteiger partial charge is 0.0336 e. The molecule has 0 saturated carbocycles. The van der Waals surface area contributed by atoms with Crippen molar-refractivity contribution in [2.75, 3.05) is 0 Å². The fraction of sp³-hybridized carbons (Fsp3) is 0.0476. The zero-order chi connectivity index (χ0) is 14.8. The Morgan fingerprint density at radius 2 is 1.43 bits per heavy atom. The molecule has 0 aliphatic carbocycles. The summed E-state index contributed by atoms with van der Waals surface area (Å²) in [5, 5.41) is 2.35. The third kappa shape index (κ3) is 2.18. The topological polar surface area (TPSA) is 0 Å². The Kier molecular flexibility index (Phi) is 3.23. The van der Waals surface area contributed by atoms with Crippen molar-refractivity contribution in [3.8, 4) is 35.8 Å². The maximum Gasteiger partial charge on any atom is 0.0336 e. The maximum absolute atomic E-state index is 5.71. The van der Waals surface area contributed by atoms with Crippen LogP contribution >= 0.6 is 0 Å². The van der Waals surface area contributed by atoms with Gasteiger partial charge in [0.05, 0.1) is 0 Å². The van der Waals surface area contributed by atoms with E-state index in [0.717, 1.165) is 33.2 Å². The van der Waals surface area contributed by atoms with E-state index >= 15 is 0 Å². The van der Waals surface area contributed by atoms with Crippen LogP contribution in [0.5, 0.6) is 0 Å². The summed E-state index contributed by atoms with van der Waals surface area (Å²) in [7, 11) is 0. The molecule has 0 heterocycles. The fourth-order valence-corrected chi connectivity index (χ4v) is 2.75. The van der Waals surface area contributed by atoms with Gasteiger partial charge < -0.3 is 0 Å². The molecule has 0 aromatic heterocycles. The van der Waals surface area contributed by atoms with Crippen molar-refractivity contribution < 1.29 is 0 Å². The quantitative estimate of drug-likeness (QED) is 0.556. The lowest BCUT2D eigenvalue weighted by Crippen LogP contribution is -1.93. The number of hydrogen-bond donors (Lipinski definition) is 0. The van der Waals surface area contributed by atoms with E-state index in [4.69, 9.17) is 12.8 Å². The van der Waals surface area contributed by atoms with Crippen LogP contribution in [0, 0.1) is 31.6 Å². The monoisotopic (exact) mass is 266 g/mol. The number of terminal acetylenes is 2. The number of fused-ring (bicyclic) bond motifs is 1. The highest BCUT2D eigenvalue weighted by Crippen LogP contribution is 2.33. The summed E-state index contributed by atoms with van der Waals surface area (Å²) in [5.41, 5.74) is 4.84. The number of benzene rings is 3. The standard InChI is InChI=1S/C21H14/c1-4-16-13-15(3)14-17(5-2)21(16)20-12-8-10-18-9-6-7-11-19(18)20/h1-2,6-14H,3H3. The second-order valence-electron chi connectivity index (χ2n) is 5.05. The molecule has 3 aromatic carbocycles. The molecule has 0 fully saturated rings. The summed E-state index contributed by atoms with van der Waals surface area (Å²) < 4.78 is 0. The zero-order valence-corrected chi connectivity index (χ0v) is 11.9. The Balaban J connectivity index is 2.45. The summed E-state index contributed by atoms with van der Waals surface area (Å²) in [5.74, 6) is 5.56. The normalized spacial score (nSPS) is 10.0. The van der Waals surface area contributed by atoms with E-state index in [9.17, 15) is 0 Å². The molecule has 0 heteroatoms. The summed E-state index contributed by atoms with van der Waals surface area (Å²) in [6, 6.07) is 18.5. The highest BCUT2D eigenvalue weighted by atomic mass is 14.1. The van der Waals surface area contributed by atoms with Gasteiger partial charge in [0.25, 0.3) is 0 Å². The second kappa shape index (κ2) is 5.20. The highest BCUT2D eigenvalue weighted by Gasteiger charge is 2.12. The third-order valence-corrected chi connectivity index (χ3v) is 3.65. The van der Waals surface area contributed by atoms with Crippen LogP contribution < -0.4 is 0 Å². The Bertz CT molecular complexity index is 874. The highest BCUT2D eigenvalue weighted by molar-refractivity contribution is 5.99. The van der Waals surface area contributed by atoms with Crippen LogP contribution in [0.3, 0.4) is 0 Å². The van der Waals surface area contributed by atoms with Crippen LogP contribution in [-0.4, -0.2) is 0 Å². The molecular formula is C21H14. The van der Waals surface area contributed by atoms with Crippen molar-refractivity contribution in [2.45, 2.75) is 6.92 Å². The Morgan fingerprint density at radius 1 is 0.810 bits per heavy atom. The van der Waals surface area contributed by atoms with Gasteiger partial charge in [-0.2, -0.15) is 0 Å². The van der Waals surface area contributed by atoms with Crippen molar-refractivity contribution in [3.05, 3.63) is 71.3 Å². The molecule has 0 aliphatic heterocycles. The van der Waals surface area contributed by atoms with Gasteiger partial charge in [0.1, 0.15) is 0 Å². The molecule has 0 atom stereocenters. The number of rotatable bonds is 1. The van der Waals surface area contributed by atoms with Gasteiger partial charge in [-0.15, -0.1) is 12.8 Å². The molecule has 0 amide bonds. The Hall–Kier alpha value is -2.96. The Labute approximate surface area is 125 Å². The van der Waals surface area contributed by atoms with Gasteiger partial charge in [0, 0.05) is 16.7 Å². The molecule has 0 nitrogen and oxygen atoms in total. The van der Waals surface area contributed by atoms with E-state index in [-0.39, 0.29) is 0 Å². The van der Waals surface area contributed by atoms with E-state index in [1.165, 1.54) is 5.39 Å². The average molecular weight is 266 g/mol. The van der Waals surface area contributed by atoms with Crippen molar-refractivity contribution in [1.82, 2.24) is 0 Å². The molecular weight excluding hydrogens is 252 g/mol. The predicted molar refractivity (Wildman–Crippen MR) is 90.0 cm³/mol. The first-order chi connectivity index (χ1) is 10.2. The molecule has 0 unspecified atom stereocenters. The molecule has 0 spiro atoms. The summed E-state index contributed by atoms with van der Waals surface area (Å²) in [6.45, 7) is 2.01. The van der Waals surface area contributed by atoms with Gasteiger partial charge in [0.15, 0.2) is 0 Å². The molecule has 0 N–H and O–H groups in total. The zero-order valence-electron chi connectivity index (χ0n) is 11.9. The lowest BCUT2D eigenvalue weighted by molar-refractivity contribution is 1.43.